The Morgan fingerprint density at radius 1 is 0.900 bits per heavy atom. The number of aliphatic carboxylic acids is 2. The maximum atomic E-state index is 14.4. The van der Waals surface area contributed by atoms with Crippen LogP contribution in [0.25, 0.3) is 0 Å². The molecule has 0 saturated heterocycles. The van der Waals surface area contributed by atoms with Crippen molar-refractivity contribution < 1.29 is 34.1 Å². The van der Waals surface area contributed by atoms with Crippen molar-refractivity contribution in [3.8, 4) is 0 Å². The largest absolute Gasteiger partial charge is 0.481 e. The first-order valence-corrected chi connectivity index (χ1v) is 15.0. The van der Waals surface area contributed by atoms with Gasteiger partial charge in [0.15, 0.2) is 5.78 Å². The van der Waals surface area contributed by atoms with Gasteiger partial charge in [-0.3, -0.25) is 14.4 Å². The number of amides is 1. The number of allylic oxidation sites excluding steroid dienone is 2. The van der Waals surface area contributed by atoms with Crippen LogP contribution in [0.2, 0.25) is 0 Å². The van der Waals surface area contributed by atoms with Crippen molar-refractivity contribution in [3.63, 3.8) is 0 Å². The summed E-state index contributed by atoms with van der Waals surface area (Å²) in [5, 5.41) is 23.5. The molecule has 3 N–H and O–H groups in total. The summed E-state index contributed by atoms with van der Waals surface area (Å²) in [6.07, 6.45) is 7.68. The summed E-state index contributed by atoms with van der Waals surface area (Å²) in [5.41, 5.74) is -2.14. The van der Waals surface area contributed by atoms with E-state index in [1.165, 1.54) is 7.11 Å². The fourth-order valence-electron chi connectivity index (χ4n) is 10.8. The van der Waals surface area contributed by atoms with Crippen LogP contribution in [0.3, 0.4) is 0 Å². The lowest BCUT2D eigenvalue weighted by Gasteiger charge is -2.70. The molecule has 222 valence electrons. The Balaban J connectivity index is 1.59. The highest BCUT2D eigenvalue weighted by molar-refractivity contribution is 5.96. The van der Waals surface area contributed by atoms with Crippen LogP contribution in [0.15, 0.2) is 11.6 Å². The molecule has 0 aromatic heterocycles. The Morgan fingerprint density at radius 3 is 2.15 bits per heavy atom. The number of carboxylic acid groups (broad SMARTS) is 2. The molecule has 0 aromatic carbocycles. The standard InChI is InChI=1S/C32H47NO7/c1-27-12-13-28(2,24(35)36)17-19(27)18-16-20(34)23-29(3)10-9-22(33-26(39)40-7)32(6,25(37)38)21(29)8-11-31(23,5)30(18,4)15-14-27/h16,19,21-23H,8-15,17H2,1-7H3,(H,33,39)(H,35,36)(H,37,38)/t19-,21+,22-,23+,27+,28-,29-,30+,31+,32-/m0/s1. The average Bonchev–Trinajstić information content (AvgIpc) is 2.87. The van der Waals surface area contributed by atoms with Crippen LogP contribution in [0.4, 0.5) is 4.79 Å². The molecule has 1 amide bonds. The minimum Gasteiger partial charge on any atom is -0.481 e. The molecule has 10 atom stereocenters. The van der Waals surface area contributed by atoms with E-state index in [-0.39, 0.29) is 39.8 Å². The molecule has 0 heterocycles. The van der Waals surface area contributed by atoms with Gasteiger partial charge in [-0.25, -0.2) is 4.79 Å². The number of ether oxygens (including phenoxy) is 1. The number of hydrogen-bond acceptors (Lipinski definition) is 5. The Labute approximate surface area is 237 Å². The summed E-state index contributed by atoms with van der Waals surface area (Å²) in [4.78, 5) is 51.8. The van der Waals surface area contributed by atoms with Gasteiger partial charge in [0.25, 0.3) is 0 Å². The number of rotatable bonds is 3. The van der Waals surface area contributed by atoms with Crippen LogP contribution in [-0.2, 0) is 19.1 Å². The molecule has 8 heteroatoms. The molecule has 4 saturated carbocycles. The number of carboxylic acids is 2. The number of methoxy groups -OCH3 is 1. The summed E-state index contributed by atoms with van der Waals surface area (Å²) >= 11 is 0. The molecule has 5 rings (SSSR count). The average molecular weight is 558 g/mol. The second-order valence-corrected chi connectivity index (χ2v) is 15.4. The molecule has 0 unspecified atom stereocenters. The van der Waals surface area contributed by atoms with Gasteiger partial charge < -0.3 is 20.3 Å². The van der Waals surface area contributed by atoms with Gasteiger partial charge in [-0.05, 0) is 111 Å². The van der Waals surface area contributed by atoms with Gasteiger partial charge in [-0.15, -0.1) is 0 Å². The number of ketones is 1. The smallest absolute Gasteiger partial charge is 0.407 e. The molecule has 0 radical (unpaired) electrons. The van der Waals surface area contributed by atoms with Crippen LogP contribution in [0, 0.1) is 50.2 Å². The van der Waals surface area contributed by atoms with Crippen molar-refractivity contribution in [1.29, 1.82) is 0 Å². The Hall–Kier alpha value is -2.38. The van der Waals surface area contributed by atoms with E-state index < -0.39 is 40.3 Å². The van der Waals surface area contributed by atoms with Crippen LogP contribution < -0.4 is 5.32 Å². The summed E-state index contributed by atoms with van der Waals surface area (Å²) in [7, 11) is 1.28. The first-order valence-electron chi connectivity index (χ1n) is 15.0. The van der Waals surface area contributed by atoms with Crippen LogP contribution in [-0.4, -0.2) is 47.2 Å². The van der Waals surface area contributed by atoms with Crippen molar-refractivity contribution in [3.05, 3.63) is 11.6 Å². The maximum Gasteiger partial charge on any atom is 0.407 e. The molecule has 5 aliphatic carbocycles. The Morgan fingerprint density at radius 2 is 1.55 bits per heavy atom. The molecule has 0 aliphatic heterocycles. The second kappa shape index (κ2) is 8.81. The highest BCUT2D eigenvalue weighted by Gasteiger charge is 2.72. The van der Waals surface area contributed by atoms with Crippen molar-refractivity contribution >= 4 is 23.8 Å². The first-order chi connectivity index (χ1) is 18.4. The quantitative estimate of drug-likeness (QED) is 0.397. The molecule has 0 aromatic rings. The maximum absolute atomic E-state index is 14.4. The minimum atomic E-state index is -1.24. The predicted molar refractivity (Wildman–Crippen MR) is 148 cm³/mol. The van der Waals surface area contributed by atoms with Crippen LogP contribution in [0.1, 0.15) is 99.3 Å². The Kier molecular flexibility index (Phi) is 6.41. The number of carbonyl (C=O) groups excluding carboxylic acids is 2. The van der Waals surface area contributed by atoms with E-state index in [9.17, 15) is 29.4 Å². The van der Waals surface area contributed by atoms with E-state index in [2.05, 4.69) is 33.0 Å². The number of carbonyl (C=O) groups is 4. The van der Waals surface area contributed by atoms with Gasteiger partial charge in [0.2, 0.25) is 0 Å². The van der Waals surface area contributed by atoms with Gasteiger partial charge >= 0.3 is 18.0 Å². The number of hydrogen-bond donors (Lipinski definition) is 3. The van der Waals surface area contributed by atoms with Gasteiger partial charge in [0, 0.05) is 12.0 Å². The lowest BCUT2D eigenvalue weighted by Crippen LogP contribution is -2.69. The summed E-state index contributed by atoms with van der Waals surface area (Å²) in [6, 6.07) is -0.591. The summed E-state index contributed by atoms with van der Waals surface area (Å²) in [6.45, 7) is 12.5. The van der Waals surface area contributed by atoms with E-state index in [0.717, 1.165) is 24.8 Å². The van der Waals surface area contributed by atoms with E-state index >= 15 is 0 Å². The van der Waals surface area contributed by atoms with Gasteiger partial charge in [-0.1, -0.05) is 33.3 Å². The van der Waals surface area contributed by atoms with Crippen LogP contribution in [0.5, 0.6) is 0 Å². The third-order valence-corrected chi connectivity index (χ3v) is 13.7. The third kappa shape index (κ3) is 3.55. The summed E-state index contributed by atoms with van der Waals surface area (Å²) < 4.78 is 4.82. The number of nitrogens with one attached hydrogen (secondary N) is 1. The zero-order chi connectivity index (χ0) is 29.7. The topological polar surface area (TPSA) is 130 Å². The van der Waals surface area contributed by atoms with Crippen molar-refractivity contribution in [2.75, 3.05) is 7.11 Å². The SMILES string of the molecule is COC(=O)N[C@H]1CC[C@@]2(C)[C@@H](CC[C@]3(C)[C@@H]2C(=O)C=C2[C@@H]4C[C@@](C)(C(=O)O)CC[C@]4(C)CC[C@]23C)[C@]1(C)C(=O)O. The van der Waals surface area contributed by atoms with E-state index in [0.29, 0.717) is 38.5 Å². The molecular formula is C32H47NO7. The summed E-state index contributed by atoms with van der Waals surface area (Å²) in [5.74, 6) is -2.25. The third-order valence-electron chi connectivity index (χ3n) is 13.7. The monoisotopic (exact) mass is 557 g/mol. The van der Waals surface area contributed by atoms with E-state index in [1.54, 1.807) is 6.92 Å². The molecule has 0 spiro atoms. The zero-order valence-electron chi connectivity index (χ0n) is 25.2. The first kappa shape index (κ1) is 29.1. The van der Waals surface area contributed by atoms with Gasteiger partial charge in [0.1, 0.15) is 0 Å². The van der Waals surface area contributed by atoms with E-state index in [1.807, 2.05) is 13.0 Å². The molecule has 4 fully saturated rings. The van der Waals surface area contributed by atoms with Crippen LogP contribution >= 0.6 is 0 Å². The highest BCUT2D eigenvalue weighted by Crippen LogP contribution is 2.75. The lowest BCUT2D eigenvalue weighted by molar-refractivity contribution is -0.201. The molecule has 0 bridgehead atoms. The van der Waals surface area contributed by atoms with Crippen molar-refractivity contribution in [2.24, 2.45) is 50.2 Å². The highest BCUT2D eigenvalue weighted by atomic mass is 16.5. The van der Waals surface area contributed by atoms with Crippen molar-refractivity contribution in [1.82, 2.24) is 5.32 Å². The zero-order valence-corrected chi connectivity index (χ0v) is 25.2. The number of fused-ring (bicyclic) bond motifs is 7. The fraction of sp³-hybridized carbons (Fsp3) is 0.812. The van der Waals surface area contributed by atoms with Gasteiger partial charge in [-0.2, -0.15) is 0 Å². The lowest BCUT2D eigenvalue weighted by atomic mass is 9.33. The normalized spacial score (nSPS) is 49.8. The molecule has 40 heavy (non-hydrogen) atoms. The molecule has 8 nitrogen and oxygen atoms in total. The minimum absolute atomic E-state index is 0.0234. The second-order valence-electron chi connectivity index (χ2n) is 15.4. The Bertz CT molecular complexity index is 1200. The van der Waals surface area contributed by atoms with E-state index in [4.69, 9.17) is 4.74 Å². The molecular weight excluding hydrogens is 510 g/mol. The van der Waals surface area contributed by atoms with Gasteiger partial charge in [0.05, 0.1) is 17.9 Å². The predicted octanol–water partition coefficient (Wildman–Crippen LogP) is 5.84. The molecule has 5 aliphatic rings. The number of alkyl carbamates (subject to hydrolysis) is 1. The fourth-order valence-corrected chi connectivity index (χ4v) is 10.8. The van der Waals surface area contributed by atoms with Crippen molar-refractivity contribution in [2.45, 2.75) is 105 Å².